The molecule has 0 aliphatic heterocycles. The Labute approximate surface area is 141 Å². The summed E-state index contributed by atoms with van der Waals surface area (Å²) in [7, 11) is 0. The lowest BCUT2D eigenvalue weighted by Gasteiger charge is -2.15. The van der Waals surface area contributed by atoms with Crippen molar-refractivity contribution in [2.75, 3.05) is 0 Å². The van der Waals surface area contributed by atoms with Gasteiger partial charge in [-0.15, -0.1) is 0 Å². The molecule has 0 heterocycles. The van der Waals surface area contributed by atoms with Crippen LogP contribution in [0.15, 0.2) is 42.5 Å². The van der Waals surface area contributed by atoms with Crippen LogP contribution in [0.2, 0.25) is 5.02 Å². The number of benzene rings is 2. The van der Waals surface area contributed by atoms with E-state index in [1.807, 2.05) is 57.2 Å². The van der Waals surface area contributed by atoms with Crippen molar-refractivity contribution in [1.29, 1.82) is 0 Å². The maximum Gasteiger partial charge on any atom is 0.311 e. The van der Waals surface area contributed by atoms with Crippen LogP contribution >= 0.6 is 11.6 Å². The number of aliphatic carboxylic acids is 1. The van der Waals surface area contributed by atoms with Crippen molar-refractivity contribution >= 4 is 17.6 Å². The van der Waals surface area contributed by atoms with Crippen molar-refractivity contribution in [2.24, 2.45) is 0 Å². The van der Waals surface area contributed by atoms with E-state index in [0.29, 0.717) is 11.4 Å². The van der Waals surface area contributed by atoms with Crippen LogP contribution in [0.4, 0.5) is 0 Å². The second-order valence-electron chi connectivity index (χ2n) is 5.91. The number of carboxylic acids is 1. The predicted octanol–water partition coefficient (Wildman–Crippen LogP) is 4.85. The first-order valence-electron chi connectivity index (χ1n) is 7.61. The topological polar surface area (TPSA) is 46.5 Å². The van der Waals surface area contributed by atoms with Crippen LogP contribution in [0.1, 0.15) is 36.5 Å². The van der Waals surface area contributed by atoms with E-state index >= 15 is 0 Å². The third-order valence-electron chi connectivity index (χ3n) is 3.63. The highest BCUT2D eigenvalue weighted by atomic mass is 35.5. The molecule has 1 atom stereocenters. The number of hydrogen-bond acceptors (Lipinski definition) is 2. The SMILES string of the molecule is Cc1ccc(C(Cc2ccc(OC(C)C)cc2)C(=O)O)cc1Cl. The highest BCUT2D eigenvalue weighted by Crippen LogP contribution is 2.27. The maximum absolute atomic E-state index is 11.6. The van der Waals surface area contributed by atoms with E-state index < -0.39 is 11.9 Å². The molecule has 0 aromatic heterocycles. The summed E-state index contributed by atoms with van der Waals surface area (Å²) < 4.78 is 5.60. The number of hydrogen-bond donors (Lipinski definition) is 1. The largest absolute Gasteiger partial charge is 0.491 e. The highest BCUT2D eigenvalue weighted by molar-refractivity contribution is 6.31. The number of carbonyl (C=O) groups is 1. The zero-order valence-corrected chi connectivity index (χ0v) is 14.3. The van der Waals surface area contributed by atoms with Crippen molar-refractivity contribution in [1.82, 2.24) is 0 Å². The second kappa shape index (κ2) is 7.51. The van der Waals surface area contributed by atoms with E-state index in [2.05, 4.69) is 0 Å². The number of rotatable bonds is 6. The summed E-state index contributed by atoms with van der Waals surface area (Å²) in [6.07, 6.45) is 0.527. The second-order valence-corrected chi connectivity index (χ2v) is 6.32. The Bertz CT molecular complexity index is 678. The highest BCUT2D eigenvalue weighted by Gasteiger charge is 2.21. The molecule has 3 nitrogen and oxygen atoms in total. The molecule has 0 fully saturated rings. The first-order valence-corrected chi connectivity index (χ1v) is 7.99. The van der Waals surface area contributed by atoms with Gasteiger partial charge in [0.15, 0.2) is 0 Å². The van der Waals surface area contributed by atoms with Crippen molar-refractivity contribution in [3.63, 3.8) is 0 Å². The number of aryl methyl sites for hydroxylation is 1. The molecule has 2 aromatic carbocycles. The normalized spacial score (nSPS) is 12.2. The average Bonchev–Trinajstić information content (AvgIpc) is 2.48. The number of carboxylic acid groups (broad SMARTS) is 1. The monoisotopic (exact) mass is 332 g/mol. The molecule has 2 aromatic rings. The van der Waals surface area contributed by atoms with Crippen molar-refractivity contribution in [3.8, 4) is 5.75 Å². The van der Waals surface area contributed by atoms with E-state index in [9.17, 15) is 9.90 Å². The third kappa shape index (κ3) is 4.73. The molecule has 0 spiro atoms. The Kier molecular flexibility index (Phi) is 5.67. The molecule has 0 aliphatic carbocycles. The van der Waals surface area contributed by atoms with Crippen LogP contribution in [-0.2, 0) is 11.2 Å². The fourth-order valence-electron chi connectivity index (χ4n) is 2.39. The predicted molar refractivity (Wildman–Crippen MR) is 92.5 cm³/mol. The van der Waals surface area contributed by atoms with Crippen LogP contribution in [0.25, 0.3) is 0 Å². The summed E-state index contributed by atoms with van der Waals surface area (Å²) in [5.74, 6) is -0.689. The van der Waals surface area contributed by atoms with Crippen LogP contribution in [-0.4, -0.2) is 17.2 Å². The third-order valence-corrected chi connectivity index (χ3v) is 4.04. The van der Waals surface area contributed by atoms with Gasteiger partial charge in [0.05, 0.1) is 12.0 Å². The van der Waals surface area contributed by atoms with Gasteiger partial charge in [-0.25, -0.2) is 0 Å². The number of halogens is 1. The Morgan fingerprint density at radius 1 is 1.17 bits per heavy atom. The average molecular weight is 333 g/mol. The van der Waals surface area contributed by atoms with E-state index in [0.717, 1.165) is 22.4 Å². The van der Waals surface area contributed by atoms with Crippen LogP contribution < -0.4 is 4.74 Å². The fraction of sp³-hybridized carbons (Fsp3) is 0.316. The van der Waals surface area contributed by atoms with Gasteiger partial charge in [0, 0.05) is 5.02 Å². The minimum absolute atomic E-state index is 0.113. The van der Waals surface area contributed by atoms with Gasteiger partial charge in [-0.05, 0) is 62.1 Å². The zero-order chi connectivity index (χ0) is 17.0. The first kappa shape index (κ1) is 17.4. The molecule has 0 bridgehead atoms. The van der Waals surface area contributed by atoms with Crippen LogP contribution in [0.5, 0.6) is 5.75 Å². The summed E-state index contributed by atoms with van der Waals surface area (Å²) in [5, 5.41) is 10.1. The van der Waals surface area contributed by atoms with E-state index in [1.54, 1.807) is 6.07 Å². The Morgan fingerprint density at radius 3 is 2.35 bits per heavy atom. The van der Waals surface area contributed by atoms with Crippen LogP contribution in [0, 0.1) is 6.92 Å². The molecule has 0 radical (unpaired) electrons. The van der Waals surface area contributed by atoms with E-state index in [-0.39, 0.29) is 6.10 Å². The Balaban J connectivity index is 2.19. The van der Waals surface area contributed by atoms with E-state index in [4.69, 9.17) is 16.3 Å². The van der Waals surface area contributed by atoms with E-state index in [1.165, 1.54) is 0 Å². The minimum atomic E-state index is -0.854. The molecule has 0 saturated heterocycles. The fourth-order valence-corrected chi connectivity index (χ4v) is 2.57. The smallest absolute Gasteiger partial charge is 0.311 e. The van der Waals surface area contributed by atoms with Crippen LogP contribution in [0.3, 0.4) is 0 Å². The van der Waals surface area contributed by atoms with Gasteiger partial charge in [0.2, 0.25) is 0 Å². The summed E-state index contributed by atoms with van der Waals surface area (Å²) in [6, 6.07) is 13.0. The molecule has 23 heavy (non-hydrogen) atoms. The molecule has 1 N–H and O–H groups in total. The first-order chi connectivity index (χ1) is 10.9. The van der Waals surface area contributed by atoms with Crippen molar-refractivity contribution in [3.05, 3.63) is 64.2 Å². The Hall–Kier alpha value is -2.00. The van der Waals surface area contributed by atoms with Gasteiger partial charge in [-0.1, -0.05) is 35.9 Å². The minimum Gasteiger partial charge on any atom is -0.491 e. The van der Waals surface area contributed by atoms with Crippen molar-refractivity contribution < 1.29 is 14.6 Å². The van der Waals surface area contributed by atoms with Gasteiger partial charge in [0.1, 0.15) is 5.75 Å². The summed E-state index contributed by atoms with van der Waals surface area (Å²) in [4.78, 5) is 11.6. The molecular formula is C19H21ClO3. The molecule has 122 valence electrons. The molecule has 2 rings (SSSR count). The lowest BCUT2D eigenvalue weighted by Crippen LogP contribution is -2.14. The van der Waals surface area contributed by atoms with Gasteiger partial charge in [-0.2, -0.15) is 0 Å². The lowest BCUT2D eigenvalue weighted by molar-refractivity contribution is -0.138. The van der Waals surface area contributed by atoms with Gasteiger partial charge in [0.25, 0.3) is 0 Å². The van der Waals surface area contributed by atoms with Gasteiger partial charge < -0.3 is 9.84 Å². The standard InChI is InChI=1S/C19H21ClO3/c1-12(2)23-16-8-5-14(6-9-16)10-17(19(21)22)15-7-4-13(3)18(20)11-15/h4-9,11-12,17H,10H2,1-3H3,(H,21,22). The molecule has 0 amide bonds. The molecule has 0 saturated carbocycles. The molecule has 1 unspecified atom stereocenters. The van der Waals surface area contributed by atoms with Gasteiger partial charge >= 0.3 is 5.97 Å². The Morgan fingerprint density at radius 2 is 1.83 bits per heavy atom. The molecule has 0 aliphatic rings. The lowest BCUT2D eigenvalue weighted by atomic mass is 9.91. The zero-order valence-electron chi connectivity index (χ0n) is 13.5. The maximum atomic E-state index is 11.6. The quantitative estimate of drug-likeness (QED) is 0.822. The summed E-state index contributed by atoms with van der Waals surface area (Å²) >= 11 is 6.13. The molecular weight excluding hydrogens is 312 g/mol. The number of ether oxygens (including phenoxy) is 1. The van der Waals surface area contributed by atoms with Gasteiger partial charge in [-0.3, -0.25) is 4.79 Å². The van der Waals surface area contributed by atoms with Crippen molar-refractivity contribution in [2.45, 2.75) is 39.2 Å². The summed E-state index contributed by atoms with van der Waals surface area (Å²) in [6.45, 7) is 5.83. The molecule has 4 heteroatoms. The summed E-state index contributed by atoms with van der Waals surface area (Å²) in [5.41, 5.74) is 2.61.